The second-order valence-corrected chi connectivity index (χ2v) is 7.54. The average Bonchev–Trinajstić information content (AvgIpc) is 2.79. The van der Waals surface area contributed by atoms with Gasteiger partial charge in [-0.3, -0.25) is 5.84 Å². The van der Waals surface area contributed by atoms with Gasteiger partial charge in [0.05, 0.1) is 6.04 Å². The lowest BCUT2D eigenvalue weighted by Crippen LogP contribution is -2.29. The van der Waals surface area contributed by atoms with Crippen molar-refractivity contribution in [3.63, 3.8) is 0 Å². The number of hydrogen-bond acceptors (Lipinski definition) is 4. The van der Waals surface area contributed by atoms with Gasteiger partial charge < -0.3 is 5.73 Å². The zero-order chi connectivity index (χ0) is 19.1. The Kier molecular flexibility index (Phi) is 5.04. The highest BCUT2D eigenvalue weighted by Crippen LogP contribution is 2.47. The summed E-state index contributed by atoms with van der Waals surface area (Å²) in [5.74, 6) is 4.56. The van der Waals surface area contributed by atoms with Crippen LogP contribution in [0.5, 0.6) is 0 Å². The molecule has 3 nitrogen and oxygen atoms in total. The Morgan fingerprint density at radius 2 is 2.08 bits per heavy atom. The number of fused-ring (bicyclic) bond motifs is 1. The van der Waals surface area contributed by atoms with Crippen LogP contribution in [-0.2, 0) is 12.8 Å². The highest BCUT2D eigenvalue weighted by atomic mass is 32.2. The summed E-state index contributed by atoms with van der Waals surface area (Å²) in [5, 5.41) is 0. The quantitative estimate of drug-likeness (QED) is 0.371. The summed E-state index contributed by atoms with van der Waals surface area (Å²) in [6.45, 7) is 0. The predicted octanol–water partition coefficient (Wildman–Crippen LogP) is 3.40. The van der Waals surface area contributed by atoms with Crippen LogP contribution >= 0.6 is 11.9 Å². The first-order chi connectivity index (χ1) is 12.2. The first-order valence-corrected chi connectivity index (χ1v) is 8.69. The van der Waals surface area contributed by atoms with Crippen LogP contribution in [0.2, 0.25) is 0 Å². The Labute approximate surface area is 154 Å². The number of halogens is 3. The van der Waals surface area contributed by atoms with Crippen LogP contribution in [0.15, 0.2) is 35.2 Å². The van der Waals surface area contributed by atoms with E-state index < -0.39 is 24.2 Å². The maximum Gasteiger partial charge on any atom is 0.271 e. The number of nitrogens with zero attached hydrogens (tertiary/aromatic N) is 1. The summed E-state index contributed by atoms with van der Waals surface area (Å²) in [7, 11) is 1.62. The number of hydrazine groups is 1. The summed E-state index contributed by atoms with van der Waals surface area (Å²) >= 11 is 1.14. The number of hydrogen-bond donors (Lipinski definition) is 2. The van der Waals surface area contributed by atoms with Crippen molar-refractivity contribution in [3.8, 4) is 12.3 Å². The van der Waals surface area contributed by atoms with E-state index >= 15 is 0 Å². The van der Waals surface area contributed by atoms with Gasteiger partial charge in [-0.1, -0.05) is 12.0 Å². The van der Waals surface area contributed by atoms with Crippen molar-refractivity contribution in [2.75, 3.05) is 7.05 Å². The highest BCUT2D eigenvalue weighted by molar-refractivity contribution is 7.97. The molecular weight excluding hydrogens is 359 g/mol. The number of terminal acetylenes is 1. The van der Waals surface area contributed by atoms with E-state index in [2.05, 4.69) is 5.92 Å². The summed E-state index contributed by atoms with van der Waals surface area (Å²) in [5.41, 5.74) is 8.45. The fourth-order valence-electron chi connectivity index (χ4n) is 3.25. The van der Waals surface area contributed by atoms with Crippen LogP contribution in [0.1, 0.15) is 33.9 Å². The molecule has 1 atom stereocenters. The van der Waals surface area contributed by atoms with Crippen molar-refractivity contribution in [1.82, 2.24) is 4.41 Å². The van der Waals surface area contributed by atoms with E-state index in [0.29, 0.717) is 39.1 Å². The molecule has 0 spiro atoms. The third kappa shape index (κ3) is 3.60. The number of rotatable bonds is 4. The molecule has 0 aliphatic heterocycles. The van der Waals surface area contributed by atoms with Gasteiger partial charge in [0.15, 0.2) is 0 Å². The molecule has 136 valence electrons. The lowest BCUT2D eigenvalue weighted by atomic mass is 9.96. The molecular formula is C19H18F3N3S. The van der Waals surface area contributed by atoms with E-state index in [4.69, 9.17) is 18.0 Å². The fraction of sp³-hybridized carbons (Fsp3) is 0.263. The number of alkyl halides is 2. The Morgan fingerprint density at radius 3 is 2.73 bits per heavy atom. The molecule has 2 aromatic carbocycles. The fourth-order valence-corrected chi connectivity index (χ4v) is 4.04. The first-order valence-electron chi connectivity index (χ1n) is 7.92. The Bertz CT molecular complexity index is 890. The highest BCUT2D eigenvalue weighted by Gasteiger charge is 2.47. The molecule has 1 aliphatic carbocycles. The van der Waals surface area contributed by atoms with Crippen molar-refractivity contribution in [2.45, 2.75) is 29.7 Å². The molecule has 0 heterocycles. The second kappa shape index (κ2) is 6.97. The SMILES string of the molecule is C#Cc1cc(F)cc(Cc2ccc(SN(C)N)c3c2CC(F)(F)[C@H]3N)c1. The summed E-state index contributed by atoms with van der Waals surface area (Å²) in [4.78, 5) is 0.599. The van der Waals surface area contributed by atoms with E-state index in [-0.39, 0.29) is 0 Å². The topological polar surface area (TPSA) is 55.3 Å². The molecule has 4 N–H and O–H groups in total. The monoisotopic (exact) mass is 377 g/mol. The molecule has 0 unspecified atom stereocenters. The van der Waals surface area contributed by atoms with Gasteiger partial charge in [-0.05, 0) is 64.9 Å². The smallest absolute Gasteiger partial charge is 0.271 e. The van der Waals surface area contributed by atoms with Gasteiger partial charge in [-0.2, -0.15) is 4.41 Å². The third-order valence-corrected chi connectivity index (χ3v) is 5.19. The van der Waals surface area contributed by atoms with Crippen molar-refractivity contribution in [3.05, 3.63) is 64.0 Å². The second-order valence-electron chi connectivity index (χ2n) is 6.34. The van der Waals surface area contributed by atoms with E-state index in [1.165, 1.54) is 16.5 Å². The molecule has 0 aromatic heterocycles. The maximum atomic E-state index is 14.3. The van der Waals surface area contributed by atoms with Crippen LogP contribution < -0.4 is 11.6 Å². The molecule has 7 heteroatoms. The van der Waals surface area contributed by atoms with E-state index in [1.54, 1.807) is 25.2 Å². The normalized spacial score (nSPS) is 18.0. The van der Waals surface area contributed by atoms with Gasteiger partial charge in [0.1, 0.15) is 5.82 Å². The Hall–Kier alpha value is -1.98. The largest absolute Gasteiger partial charge is 0.319 e. The van der Waals surface area contributed by atoms with Gasteiger partial charge in [-0.25, -0.2) is 13.2 Å². The van der Waals surface area contributed by atoms with Gasteiger partial charge in [0.2, 0.25) is 0 Å². The van der Waals surface area contributed by atoms with Gasteiger partial charge in [0, 0.05) is 23.9 Å². The molecule has 0 saturated heterocycles. The molecule has 0 bridgehead atoms. The van der Waals surface area contributed by atoms with Crippen molar-refractivity contribution < 1.29 is 13.2 Å². The molecule has 2 aromatic rings. The van der Waals surface area contributed by atoms with Crippen molar-refractivity contribution in [2.24, 2.45) is 11.6 Å². The van der Waals surface area contributed by atoms with Crippen LogP contribution in [0.3, 0.4) is 0 Å². The maximum absolute atomic E-state index is 14.3. The van der Waals surface area contributed by atoms with Crippen molar-refractivity contribution >= 4 is 11.9 Å². The Balaban J connectivity index is 2.05. The van der Waals surface area contributed by atoms with E-state index in [9.17, 15) is 13.2 Å². The molecule has 3 rings (SSSR count). The number of nitrogens with two attached hydrogens (primary N) is 2. The summed E-state index contributed by atoms with van der Waals surface area (Å²) < 4.78 is 43.6. The standard InChI is InChI=1S/C19H18F3N3S/c1-3-11-6-12(9-14(20)8-11)7-13-4-5-16(26-25(2)24)17-15(13)10-19(21,22)18(17)23/h1,4-6,8-9,18H,7,10,23-24H2,2H3/t18-/m0/s1. The summed E-state index contributed by atoms with van der Waals surface area (Å²) in [6.07, 6.45) is 5.19. The minimum Gasteiger partial charge on any atom is -0.319 e. The minimum atomic E-state index is -3.03. The van der Waals surface area contributed by atoms with Crippen LogP contribution in [0.4, 0.5) is 13.2 Å². The molecule has 0 saturated carbocycles. The lowest BCUT2D eigenvalue weighted by molar-refractivity contribution is -0.0140. The van der Waals surface area contributed by atoms with Gasteiger partial charge in [-0.15, -0.1) is 6.42 Å². The molecule has 0 radical (unpaired) electrons. The van der Waals surface area contributed by atoms with Crippen LogP contribution in [0.25, 0.3) is 0 Å². The zero-order valence-corrected chi connectivity index (χ0v) is 14.9. The number of benzene rings is 2. The Morgan fingerprint density at radius 1 is 1.35 bits per heavy atom. The minimum absolute atomic E-state index is 0.293. The van der Waals surface area contributed by atoms with Gasteiger partial charge >= 0.3 is 0 Å². The zero-order valence-electron chi connectivity index (χ0n) is 14.1. The molecule has 0 amide bonds. The van der Waals surface area contributed by atoms with Gasteiger partial charge in [0.25, 0.3) is 5.92 Å². The predicted molar refractivity (Wildman–Crippen MR) is 97.0 cm³/mol. The average molecular weight is 377 g/mol. The third-order valence-electron chi connectivity index (χ3n) is 4.35. The van der Waals surface area contributed by atoms with Crippen LogP contribution in [-0.4, -0.2) is 17.4 Å². The lowest BCUT2D eigenvalue weighted by Gasteiger charge is -2.18. The van der Waals surface area contributed by atoms with E-state index in [1.807, 2.05) is 0 Å². The molecule has 1 aliphatic rings. The van der Waals surface area contributed by atoms with Crippen molar-refractivity contribution in [1.29, 1.82) is 0 Å². The summed E-state index contributed by atoms with van der Waals surface area (Å²) in [6, 6.07) is 6.39. The van der Waals surface area contributed by atoms with E-state index in [0.717, 1.165) is 11.9 Å². The van der Waals surface area contributed by atoms with Crippen LogP contribution in [0, 0.1) is 18.2 Å². The molecule has 0 fully saturated rings. The molecule has 26 heavy (non-hydrogen) atoms. The first kappa shape index (κ1) is 18.8.